The predicted molar refractivity (Wildman–Crippen MR) is 96.1 cm³/mol. The zero-order valence-corrected chi connectivity index (χ0v) is 15.3. The quantitative estimate of drug-likeness (QED) is 0.470. The number of nitriles is 1. The molecule has 0 saturated heterocycles. The fraction of sp³-hybridized carbons (Fsp3) is 0.952. The fourth-order valence-electron chi connectivity index (χ4n) is 4.47. The maximum atomic E-state index is 8.92. The summed E-state index contributed by atoms with van der Waals surface area (Å²) in [6, 6.07) is 2.40. The third kappa shape index (κ3) is 7.25. The molecule has 0 unspecified atom stereocenters. The van der Waals surface area contributed by atoms with Crippen LogP contribution in [0.1, 0.15) is 96.8 Å². The fourth-order valence-corrected chi connectivity index (χ4v) is 4.47. The lowest BCUT2D eigenvalue weighted by atomic mass is 9.78. The highest BCUT2D eigenvalue weighted by Crippen LogP contribution is 2.34. The Morgan fingerprint density at radius 1 is 0.826 bits per heavy atom. The van der Waals surface area contributed by atoms with Crippen molar-refractivity contribution in [3.8, 4) is 6.07 Å². The van der Waals surface area contributed by atoms with Gasteiger partial charge in [0, 0.05) is 12.5 Å². The largest absolute Gasteiger partial charge is 0.378 e. The van der Waals surface area contributed by atoms with Crippen LogP contribution in [0.4, 0.5) is 0 Å². The van der Waals surface area contributed by atoms with Crippen LogP contribution in [0.5, 0.6) is 0 Å². The molecule has 0 N–H and O–H groups in total. The second-order valence-corrected chi connectivity index (χ2v) is 8.00. The molecule has 0 bridgehead atoms. The second-order valence-electron chi connectivity index (χ2n) is 8.00. The molecule has 2 aliphatic carbocycles. The minimum absolute atomic E-state index is 0.294. The molecule has 0 aliphatic heterocycles. The monoisotopic (exact) mass is 319 g/mol. The minimum atomic E-state index is 0.294. The first-order valence-electron chi connectivity index (χ1n) is 10.3. The van der Waals surface area contributed by atoms with Gasteiger partial charge in [-0.3, -0.25) is 0 Å². The average Bonchev–Trinajstić information content (AvgIpc) is 2.61. The Hall–Kier alpha value is -0.550. The van der Waals surface area contributed by atoms with Crippen LogP contribution in [0.15, 0.2) is 0 Å². The van der Waals surface area contributed by atoms with Crippen molar-refractivity contribution in [2.45, 2.75) is 103 Å². The van der Waals surface area contributed by atoms with E-state index < -0.39 is 0 Å². The van der Waals surface area contributed by atoms with E-state index in [0.29, 0.717) is 12.0 Å². The SMILES string of the molecule is CCCCC[C@H]1CC[C@H](CCCO[C@H]2CC[C@H](C#N)CC2)CC1. The van der Waals surface area contributed by atoms with Gasteiger partial charge in [-0.2, -0.15) is 5.26 Å². The van der Waals surface area contributed by atoms with Gasteiger partial charge in [0.25, 0.3) is 0 Å². The molecule has 0 spiro atoms. The van der Waals surface area contributed by atoms with Crippen LogP contribution >= 0.6 is 0 Å². The molecule has 0 aromatic heterocycles. The molecule has 2 saturated carbocycles. The average molecular weight is 320 g/mol. The van der Waals surface area contributed by atoms with Gasteiger partial charge in [0.05, 0.1) is 12.2 Å². The van der Waals surface area contributed by atoms with Gasteiger partial charge < -0.3 is 4.74 Å². The topological polar surface area (TPSA) is 33.0 Å². The Labute approximate surface area is 144 Å². The molecule has 2 rings (SSSR count). The molecule has 0 heterocycles. The highest BCUT2D eigenvalue weighted by Gasteiger charge is 2.22. The lowest BCUT2D eigenvalue weighted by molar-refractivity contribution is 0.0187. The van der Waals surface area contributed by atoms with E-state index in [-0.39, 0.29) is 0 Å². The van der Waals surface area contributed by atoms with Crippen molar-refractivity contribution < 1.29 is 4.74 Å². The molecular weight excluding hydrogens is 282 g/mol. The first-order chi connectivity index (χ1) is 11.3. The minimum Gasteiger partial charge on any atom is -0.378 e. The Morgan fingerprint density at radius 2 is 1.43 bits per heavy atom. The van der Waals surface area contributed by atoms with Crippen molar-refractivity contribution in [1.82, 2.24) is 0 Å². The van der Waals surface area contributed by atoms with Gasteiger partial charge in [0.2, 0.25) is 0 Å². The molecule has 0 atom stereocenters. The van der Waals surface area contributed by atoms with Crippen LogP contribution in [-0.2, 0) is 4.74 Å². The summed E-state index contributed by atoms with van der Waals surface area (Å²) in [5.74, 6) is 2.29. The summed E-state index contributed by atoms with van der Waals surface area (Å²) in [4.78, 5) is 0. The summed E-state index contributed by atoms with van der Waals surface area (Å²) in [5.41, 5.74) is 0. The Morgan fingerprint density at radius 3 is 2.00 bits per heavy atom. The zero-order valence-electron chi connectivity index (χ0n) is 15.3. The van der Waals surface area contributed by atoms with E-state index >= 15 is 0 Å². The smallest absolute Gasteiger partial charge is 0.0655 e. The number of ether oxygens (including phenoxy) is 1. The molecule has 0 aromatic carbocycles. The zero-order chi connectivity index (χ0) is 16.3. The number of nitrogens with zero attached hydrogens (tertiary/aromatic N) is 1. The predicted octanol–water partition coefficient (Wildman–Crippen LogP) is 6.25. The first kappa shape index (κ1) is 18.8. The Bertz CT molecular complexity index is 332. The van der Waals surface area contributed by atoms with Gasteiger partial charge in [-0.1, -0.05) is 58.3 Å². The van der Waals surface area contributed by atoms with E-state index in [1.165, 1.54) is 64.2 Å². The highest BCUT2D eigenvalue weighted by atomic mass is 16.5. The Balaban J connectivity index is 1.46. The van der Waals surface area contributed by atoms with Crippen LogP contribution < -0.4 is 0 Å². The molecule has 0 amide bonds. The third-order valence-corrected chi connectivity index (χ3v) is 6.15. The van der Waals surface area contributed by atoms with E-state index in [2.05, 4.69) is 13.0 Å². The highest BCUT2D eigenvalue weighted by molar-refractivity contribution is 4.87. The van der Waals surface area contributed by atoms with Gasteiger partial charge in [-0.25, -0.2) is 0 Å². The van der Waals surface area contributed by atoms with Crippen molar-refractivity contribution >= 4 is 0 Å². The van der Waals surface area contributed by atoms with Crippen molar-refractivity contribution in [3.63, 3.8) is 0 Å². The number of hydrogen-bond acceptors (Lipinski definition) is 2. The van der Waals surface area contributed by atoms with Crippen molar-refractivity contribution in [3.05, 3.63) is 0 Å². The summed E-state index contributed by atoms with van der Waals surface area (Å²) >= 11 is 0. The van der Waals surface area contributed by atoms with E-state index in [9.17, 15) is 0 Å². The molecule has 0 aromatic rings. The van der Waals surface area contributed by atoms with E-state index in [0.717, 1.165) is 44.1 Å². The summed E-state index contributed by atoms with van der Waals surface area (Å²) in [7, 11) is 0. The van der Waals surface area contributed by atoms with Crippen molar-refractivity contribution in [2.75, 3.05) is 6.61 Å². The van der Waals surface area contributed by atoms with Gasteiger partial charge in [0.1, 0.15) is 0 Å². The summed E-state index contributed by atoms with van der Waals surface area (Å²) in [6.07, 6.45) is 18.9. The van der Waals surface area contributed by atoms with Crippen molar-refractivity contribution in [1.29, 1.82) is 5.26 Å². The Kier molecular flexibility index (Phi) is 9.05. The van der Waals surface area contributed by atoms with E-state index in [1.807, 2.05) is 0 Å². The summed E-state index contributed by atoms with van der Waals surface area (Å²) < 4.78 is 6.04. The van der Waals surface area contributed by atoms with Gasteiger partial charge in [-0.05, 0) is 50.4 Å². The first-order valence-corrected chi connectivity index (χ1v) is 10.3. The molecule has 2 aliphatic rings. The van der Waals surface area contributed by atoms with Gasteiger partial charge in [0.15, 0.2) is 0 Å². The molecular formula is C21H37NO. The third-order valence-electron chi connectivity index (χ3n) is 6.15. The second kappa shape index (κ2) is 11.1. The number of rotatable bonds is 9. The lowest BCUT2D eigenvalue weighted by Gasteiger charge is -2.29. The van der Waals surface area contributed by atoms with Crippen LogP contribution in [0.25, 0.3) is 0 Å². The van der Waals surface area contributed by atoms with E-state index in [1.54, 1.807) is 0 Å². The van der Waals surface area contributed by atoms with Gasteiger partial charge >= 0.3 is 0 Å². The molecule has 23 heavy (non-hydrogen) atoms. The van der Waals surface area contributed by atoms with Gasteiger partial charge in [-0.15, -0.1) is 0 Å². The number of hydrogen-bond donors (Lipinski definition) is 0. The maximum absolute atomic E-state index is 8.92. The molecule has 2 heteroatoms. The maximum Gasteiger partial charge on any atom is 0.0655 e. The molecule has 0 radical (unpaired) electrons. The van der Waals surface area contributed by atoms with Crippen molar-refractivity contribution in [2.24, 2.45) is 17.8 Å². The van der Waals surface area contributed by atoms with Crippen LogP contribution in [0, 0.1) is 29.1 Å². The standard InChI is InChI=1S/C21H37NO/c1-2-3-4-6-18-8-10-19(11-9-18)7-5-16-23-21-14-12-20(17-22)13-15-21/h18-21H,2-16H2,1H3/t18-,19-,20-,21-. The van der Waals surface area contributed by atoms with Crippen LogP contribution in [-0.4, -0.2) is 12.7 Å². The molecule has 132 valence electrons. The van der Waals surface area contributed by atoms with E-state index in [4.69, 9.17) is 10.00 Å². The summed E-state index contributed by atoms with van der Waals surface area (Å²) in [6.45, 7) is 3.24. The number of unbranched alkanes of at least 4 members (excludes halogenated alkanes) is 2. The van der Waals surface area contributed by atoms with Crippen LogP contribution in [0.3, 0.4) is 0 Å². The molecule has 2 nitrogen and oxygen atoms in total. The summed E-state index contributed by atoms with van der Waals surface area (Å²) in [5, 5.41) is 8.92. The molecule has 2 fully saturated rings. The van der Waals surface area contributed by atoms with Crippen LogP contribution in [0.2, 0.25) is 0 Å². The normalized spacial score (nSPS) is 31.7. The lowest BCUT2D eigenvalue weighted by Crippen LogP contribution is -2.22.